The molecule has 0 bridgehead atoms. The Labute approximate surface area is 149 Å². The van der Waals surface area contributed by atoms with E-state index in [1.165, 1.54) is 18.2 Å². The van der Waals surface area contributed by atoms with Gasteiger partial charge >= 0.3 is 12.2 Å². The van der Waals surface area contributed by atoms with Crippen molar-refractivity contribution >= 4 is 6.03 Å². The molecule has 0 saturated heterocycles. The fourth-order valence-corrected chi connectivity index (χ4v) is 2.09. The lowest BCUT2D eigenvalue weighted by Crippen LogP contribution is -2.35. The zero-order valence-electron chi connectivity index (χ0n) is 14.0. The van der Waals surface area contributed by atoms with Gasteiger partial charge in [0.05, 0.1) is 19.2 Å². The molecule has 4 nitrogen and oxygen atoms in total. The summed E-state index contributed by atoms with van der Waals surface area (Å²) in [6.07, 6.45) is -4.46. The molecular weight excluding hydrogens is 345 g/mol. The Kier molecular flexibility index (Phi) is 6.50. The van der Waals surface area contributed by atoms with Gasteiger partial charge in [0.25, 0.3) is 0 Å². The van der Waals surface area contributed by atoms with E-state index in [1.54, 1.807) is 19.2 Å². The van der Waals surface area contributed by atoms with Gasteiger partial charge < -0.3 is 15.4 Å². The quantitative estimate of drug-likeness (QED) is 0.817. The van der Waals surface area contributed by atoms with Crippen LogP contribution in [0, 0.1) is 11.8 Å². The molecule has 136 valence electrons. The van der Waals surface area contributed by atoms with E-state index in [1.807, 2.05) is 12.1 Å². The van der Waals surface area contributed by atoms with E-state index in [0.717, 1.165) is 11.6 Å². The molecule has 2 rings (SSSR count). The number of hydrogen-bond donors (Lipinski definition) is 2. The van der Waals surface area contributed by atoms with Crippen molar-refractivity contribution in [2.75, 3.05) is 13.7 Å². The highest BCUT2D eigenvalue weighted by molar-refractivity contribution is 5.74. The van der Waals surface area contributed by atoms with E-state index in [9.17, 15) is 18.0 Å². The summed E-state index contributed by atoms with van der Waals surface area (Å²) in [6, 6.07) is 11.8. The highest BCUT2D eigenvalue weighted by atomic mass is 19.4. The van der Waals surface area contributed by atoms with E-state index in [-0.39, 0.29) is 12.1 Å². The largest absolute Gasteiger partial charge is 0.497 e. The number of nitrogens with one attached hydrogen (secondary N) is 2. The topological polar surface area (TPSA) is 50.4 Å². The van der Waals surface area contributed by atoms with E-state index in [2.05, 4.69) is 22.5 Å². The summed E-state index contributed by atoms with van der Waals surface area (Å²) in [5, 5.41) is 5.11. The first-order valence-electron chi connectivity index (χ1n) is 7.70. The number of urea groups is 1. The molecule has 0 unspecified atom stereocenters. The van der Waals surface area contributed by atoms with E-state index < -0.39 is 17.8 Å². The number of hydrogen-bond acceptors (Lipinski definition) is 2. The molecule has 2 N–H and O–H groups in total. The first kappa shape index (κ1) is 19.2. The molecule has 0 atom stereocenters. The molecule has 2 aromatic carbocycles. The summed E-state index contributed by atoms with van der Waals surface area (Å²) in [6.45, 7) is 0.237. The SMILES string of the molecule is COc1ccc(CNC(=O)NCC#Cc2ccccc2C(F)(F)F)cc1. The van der Waals surface area contributed by atoms with Crippen LogP contribution in [0.15, 0.2) is 48.5 Å². The van der Waals surface area contributed by atoms with Crippen molar-refractivity contribution in [2.24, 2.45) is 0 Å². The average molecular weight is 362 g/mol. The summed E-state index contributed by atoms with van der Waals surface area (Å²) >= 11 is 0. The Morgan fingerprint density at radius 1 is 1.08 bits per heavy atom. The molecule has 0 radical (unpaired) electrons. The molecule has 0 saturated carbocycles. The molecule has 0 spiro atoms. The number of carbonyl (C=O) groups excluding carboxylic acids is 1. The number of amides is 2. The monoisotopic (exact) mass is 362 g/mol. The fraction of sp³-hybridized carbons (Fsp3) is 0.211. The summed E-state index contributed by atoms with van der Waals surface area (Å²) < 4.78 is 43.6. The Morgan fingerprint density at radius 2 is 1.77 bits per heavy atom. The molecule has 0 fully saturated rings. The lowest BCUT2D eigenvalue weighted by Gasteiger charge is -2.08. The summed E-state index contributed by atoms with van der Waals surface area (Å²) in [4.78, 5) is 11.7. The molecule has 2 aromatic rings. The maximum atomic E-state index is 12.8. The molecule has 26 heavy (non-hydrogen) atoms. The number of methoxy groups -OCH3 is 1. The van der Waals surface area contributed by atoms with Gasteiger partial charge in [-0.3, -0.25) is 0 Å². The number of rotatable bonds is 4. The second-order valence-electron chi connectivity index (χ2n) is 5.23. The molecule has 0 heterocycles. The Morgan fingerprint density at radius 3 is 2.42 bits per heavy atom. The van der Waals surface area contributed by atoms with Crippen LogP contribution in [-0.4, -0.2) is 19.7 Å². The average Bonchev–Trinajstić information content (AvgIpc) is 2.63. The third kappa shape index (κ3) is 5.74. The van der Waals surface area contributed by atoms with E-state index in [0.29, 0.717) is 12.3 Å². The lowest BCUT2D eigenvalue weighted by molar-refractivity contribution is -0.137. The van der Waals surface area contributed by atoms with Gasteiger partial charge in [0.1, 0.15) is 5.75 Å². The smallest absolute Gasteiger partial charge is 0.417 e. The van der Waals surface area contributed by atoms with Gasteiger partial charge in [-0.2, -0.15) is 13.2 Å². The normalized spacial score (nSPS) is 10.5. The molecule has 0 aliphatic heterocycles. The predicted molar refractivity (Wildman–Crippen MR) is 91.6 cm³/mol. The van der Waals surface area contributed by atoms with Crippen molar-refractivity contribution < 1.29 is 22.7 Å². The van der Waals surface area contributed by atoms with Crippen LogP contribution in [0.25, 0.3) is 0 Å². The van der Waals surface area contributed by atoms with E-state index in [4.69, 9.17) is 4.74 Å². The zero-order valence-corrected chi connectivity index (χ0v) is 14.0. The summed E-state index contributed by atoms with van der Waals surface area (Å²) in [5.74, 6) is 5.67. The molecule has 0 aromatic heterocycles. The van der Waals surface area contributed by atoms with Crippen molar-refractivity contribution in [3.8, 4) is 17.6 Å². The fourth-order valence-electron chi connectivity index (χ4n) is 2.09. The van der Waals surface area contributed by atoms with Gasteiger partial charge in [0.2, 0.25) is 0 Å². The van der Waals surface area contributed by atoms with Crippen molar-refractivity contribution in [1.82, 2.24) is 10.6 Å². The van der Waals surface area contributed by atoms with Gasteiger partial charge in [-0.1, -0.05) is 36.1 Å². The van der Waals surface area contributed by atoms with Gasteiger partial charge in [-0.15, -0.1) is 0 Å². The number of halogens is 3. The predicted octanol–water partition coefficient (Wildman–Crippen LogP) is 3.56. The third-order valence-electron chi connectivity index (χ3n) is 3.40. The number of carbonyl (C=O) groups is 1. The minimum Gasteiger partial charge on any atom is -0.497 e. The number of benzene rings is 2. The van der Waals surface area contributed by atoms with Crippen molar-refractivity contribution in [3.05, 3.63) is 65.2 Å². The second kappa shape index (κ2) is 8.81. The van der Waals surface area contributed by atoms with Crippen LogP contribution in [0.5, 0.6) is 5.75 Å². The van der Waals surface area contributed by atoms with Crippen molar-refractivity contribution in [3.63, 3.8) is 0 Å². The summed E-state index contributed by atoms with van der Waals surface area (Å²) in [7, 11) is 1.56. The highest BCUT2D eigenvalue weighted by Crippen LogP contribution is 2.31. The maximum Gasteiger partial charge on any atom is 0.417 e. The first-order valence-corrected chi connectivity index (χ1v) is 7.70. The van der Waals surface area contributed by atoms with Crippen LogP contribution in [0.1, 0.15) is 16.7 Å². The van der Waals surface area contributed by atoms with Crippen LogP contribution < -0.4 is 15.4 Å². The van der Waals surface area contributed by atoms with Crippen LogP contribution in [0.3, 0.4) is 0 Å². The van der Waals surface area contributed by atoms with Gasteiger partial charge in [0.15, 0.2) is 0 Å². The lowest BCUT2D eigenvalue weighted by atomic mass is 10.1. The second-order valence-corrected chi connectivity index (χ2v) is 5.23. The van der Waals surface area contributed by atoms with Gasteiger partial charge in [-0.05, 0) is 29.8 Å². The highest BCUT2D eigenvalue weighted by Gasteiger charge is 2.32. The Bertz CT molecular complexity index is 806. The van der Waals surface area contributed by atoms with Crippen LogP contribution in [0.2, 0.25) is 0 Å². The molecule has 7 heteroatoms. The van der Waals surface area contributed by atoms with Crippen LogP contribution in [-0.2, 0) is 12.7 Å². The van der Waals surface area contributed by atoms with Gasteiger partial charge in [-0.25, -0.2) is 4.79 Å². The summed E-state index contributed by atoms with van der Waals surface area (Å²) in [5.41, 5.74) is -0.0389. The minimum absolute atomic E-state index is 0.0688. The Balaban J connectivity index is 1.83. The molecule has 2 amide bonds. The number of ether oxygens (including phenoxy) is 1. The standard InChI is InChI=1S/C19H17F3N2O2/c1-26-16-10-8-14(9-11-16)13-24-18(25)23-12-4-6-15-5-2-3-7-17(15)19(20,21)22/h2-3,5,7-11H,12-13H2,1H3,(H2,23,24,25). The van der Waals surface area contributed by atoms with Gasteiger partial charge in [0, 0.05) is 12.1 Å². The number of alkyl halides is 3. The van der Waals surface area contributed by atoms with Crippen LogP contribution >= 0.6 is 0 Å². The van der Waals surface area contributed by atoms with E-state index >= 15 is 0 Å². The molecule has 0 aliphatic carbocycles. The Hall–Kier alpha value is -3.14. The van der Waals surface area contributed by atoms with Crippen molar-refractivity contribution in [2.45, 2.75) is 12.7 Å². The molecular formula is C19H17F3N2O2. The molecule has 0 aliphatic rings. The van der Waals surface area contributed by atoms with Crippen LogP contribution in [0.4, 0.5) is 18.0 Å². The maximum absolute atomic E-state index is 12.8. The van der Waals surface area contributed by atoms with Crippen molar-refractivity contribution in [1.29, 1.82) is 0 Å². The zero-order chi connectivity index (χ0) is 19.0. The third-order valence-corrected chi connectivity index (χ3v) is 3.40. The minimum atomic E-state index is -4.46. The first-order chi connectivity index (χ1) is 12.4.